The second kappa shape index (κ2) is 11.5. The lowest BCUT2D eigenvalue weighted by molar-refractivity contribution is 0.00370. The normalized spacial score (nSPS) is 18.0. The van der Waals surface area contributed by atoms with Crippen molar-refractivity contribution in [2.24, 2.45) is 0 Å². The van der Waals surface area contributed by atoms with E-state index >= 15 is 0 Å². The molecule has 4 aromatic heterocycles. The second-order valence-electron chi connectivity index (χ2n) is 12.6. The zero-order valence-corrected chi connectivity index (χ0v) is 26.9. The average molecular weight is 610 g/mol. The molecule has 1 unspecified atom stereocenters. The van der Waals surface area contributed by atoms with Crippen LogP contribution in [0.25, 0.3) is 33.2 Å². The first-order valence-electron chi connectivity index (χ1n) is 15.5. The van der Waals surface area contributed by atoms with E-state index < -0.39 is 0 Å². The van der Waals surface area contributed by atoms with Crippen LogP contribution < -0.4 is 4.90 Å². The van der Waals surface area contributed by atoms with Crippen molar-refractivity contribution in [2.45, 2.75) is 78.5 Å². The van der Waals surface area contributed by atoms with Crippen LogP contribution in [0.3, 0.4) is 0 Å². The van der Waals surface area contributed by atoms with Gasteiger partial charge in [0.1, 0.15) is 16.4 Å². The minimum atomic E-state index is -0.0133. The minimum absolute atomic E-state index is 0.0133. The Hall–Kier alpha value is -3.96. The molecule has 6 heterocycles. The van der Waals surface area contributed by atoms with Crippen LogP contribution in [-0.2, 0) is 23.2 Å². The summed E-state index contributed by atoms with van der Waals surface area (Å²) >= 11 is 1.69. The largest absolute Gasteiger partial charge is 0.376 e. The van der Waals surface area contributed by atoms with Crippen molar-refractivity contribution < 1.29 is 4.74 Å². The zero-order valence-electron chi connectivity index (χ0n) is 26.1. The molecule has 0 bridgehead atoms. The van der Waals surface area contributed by atoms with E-state index in [0.717, 1.165) is 90.1 Å². The van der Waals surface area contributed by atoms with Crippen molar-refractivity contribution in [3.8, 4) is 33.2 Å². The number of hydrogen-bond donors (Lipinski definition) is 0. The number of anilines is 1. The van der Waals surface area contributed by atoms with Crippen LogP contribution in [0.5, 0.6) is 0 Å². The Bertz CT molecular complexity index is 1790. The topological polar surface area (TPSA) is 99.7 Å². The Morgan fingerprint density at radius 3 is 2.50 bits per heavy atom. The molecule has 0 amide bonds. The van der Waals surface area contributed by atoms with Gasteiger partial charge in [0.25, 0.3) is 0 Å². The van der Waals surface area contributed by atoms with Gasteiger partial charge in [0, 0.05) is 60.0 Å². The van der Waals surface area contributed by atoms with Gasteiger partial charge in [0.15, 0.2) is 0 Å². The lowest BCUT2D eigenvalue weighted by atomic mass is 9.78. The number of rotatable bonds is 8. The highest BCUT2D eigenvalue weighted by Gasteiger charge is 2.42. The quantitative estimate of drug-likeness (QED) is 0.211. The van der Waals surface area contributed by atoms with E-state index in [9.17, 15) is 0 Å². The van der Waals surface area contributed by atoms with Gasteiger partial charge in [0.2, 0.25) is 0 Å². The summed E-state index contributed by atoms with van der Waals surface area (Å²) in [7, 11) is 0. The van der Waals surface area contributed by atoms with Gasteiger partial charge in [-0.1, -0.05) is 23.4 Å². The fourth-order valence-electron chi connectivity index (χ4n) is 6.46. The molecule has 0 spiro atoms. The molecule has 0 radical (unpaired) electrons. The first-order valence-corrected chi connectivity index (χ1v) is 16.4. The standard InChI is InChI=1S/C33H39N9OS/c1-6-41-16-27(36-38-41)26-13-29(22(3)11-21(26)2)40-19-33(5,20-40)30-18-44-32(35-30)24-12-23(4)31(34-14-24)28-17-42(39-37-28)15-25-9-7-8-10-43-25/h11-14,16-18,25H,6-10,15,19-20H2,1-5H3. The maximum atomic E-state index is 5.87. The molecule has 2 saturated heterocycles. The van der Waals surface area contributed by atoms with Gasteiger partial charge in [-0.15, -0.1) is 21.5 Å². The van der Waals surface area contributed by atoms with Crippen LogP contribution in [0.4, 0.5) is 5.69 Å². The third kappa shape index (κ3) is 5.43. The van der Waals surface area contributed by atoms with Crippen LogP contribution in [0.1, 0.15) is 55.5 Å². The highest BCUT2D eigenvalue weighted by Crippen LogP contribution is 2.41. The molecule has 1 atom stereocenters. The zero-order chi connectivity index (χ0) is 30.4. The molecule has 5 aromatic rings. The van der Waals surface area contributed by atoms with Crippen molar-refractivity contribution >= 4 is 17.0 Å². The molecule has 7 rings (SSSR count). The Balaban J connectivity index is 1.05. The summed E-state index contributed by atoms with van der Waals surface area (Å²) in [5.74, 6) is 0. The van der Waals surface area contributed by atoms with Gasteiger partial charge in [-0.05, 0) is 75.8 Å². The summed E-state index contributed by atoms with van der Waals surface area (Å²) in [6, 6.07) is 6.70. The van der Waals surface area contributed by atoms with E-state index in [1.807, 2.05) is 28.0 Å². The van der Waals surface area contributed by atoms with Gasteiger partial charge >= 0.3 is 0 Å². The van der Waals surface area contributed by atoms with E-state index in [-0.39, 0.29) is 11.5 Å². The van der Waals surface area contributed by atoms with Crippen molar-refractivity contribution in [3.05, 3.63) is 64.6 Å². The molecule has 2 fully saturated rings. The molecule has 0 aliphatic carbocycles. The van der Waals surface area contributed by atoms with E-state index in [2.05, 4.69) is 83.7 Å². The van der Waals surface area contributed by atoms with Crippen molar-refractivity contribution in [1.82, 2.24) is 40.0 Å². The predicted molar refractivity (Wildman–Crippen MR) is 173 cm³/mol. The Morgan fingerprint density at radius 1 is 0.955 bits per heavy atom. The summed E-state index contributed by atoms with van der Waals surface area (Å²) in [5.41, 5.74) is 10.7. The first kappa shape index (κ1) is 28.8. The minimum Gasteiger partial charge on any atom is -0.376 e. The molecule has 11 heteroatoms. The number of aryl methyl sites for hydroxylation is 4. The van der Waals surface area contributed by atoms with Gasteiger partial charge < -0.3 is 9.64 Å². The van der Waals surface area contributed by atoms with Gasteiger partial charge in [-0.2, -0.15) is 0 Å². The van der Waals surface area contributed by atoms with E-state index in [4.69, 9.17) is 14.7 Å². The second-order valence-corrected chi connectivity index (χ2v) is 13.4. The molecule has 10 nitrogen and oxygen atoms in total. The van der Waals surface area contributed by atoms with E-state index in [0.29, 0.717) is 0 Å². The summed E-state index contributed by atoms with van der Waals surface area (Å²) < 4.78 is 9.62. The summed E-state index contributed by atoms with van der Waals surface area (Å²) in [5, 5.41) is 20.6. The van der Waals surface area contributed by atoms with Crippen LogP contribution in [0.2, 0.25) is 0 Å². The number of aromatic nitrogens is 8. The van der Waals surface area contributed by atoms with Crippen LogP contribution in [-0.4, -0.2) is 65.8 Å². The molecule has 2 aliphatic rings. The van der Waals surface area contributed by atoms with Crippen molar-refractivity contribution in [2.75, 3.05) is 24.6 Å². The molecule has 1 aromatic carbocycles. The van der Waals surface area contributed by atoms with Gasteiger partial charge in [0.05, 0.1) is 36.4 Å². The van der Waals surface area contributed by atoms with Crippen LogP contribution in [0.15, 0.2) is 42.2 Å². The highest BCUT2D eigenvalue weighted by molar-refractivity contribution is 7.13. The van der Waals surface area contributed by atoms with Crippen LogP contribution >= 0.6 is 11.3 Å². The molecule has 2 aliphatic heterocycles. The molecule has 0 saturated carbocycles. The maximum absolute atomic E-state index is 5.87. The lowest BCUT2D eigenvalue weighted by Gasteiger charge is -2.49. The highest BCUT2D eigenvalue weighted by atomic mass is 32.1. The molecule has 44 heavy (non-hydrogen) atoms. The van der Waals surface area contributed by atoms with Crippen molar-refractivity contribution in [1.29, 1.82) is 0 Å². The smallest absolute Gasteiger partial charge is 0.131 e. The molecular weight excluding hydrogens is 570 g/mol. The predicted octanol–water partition coefficient (Wildman–Crippen LogP) is 6.01. The monoisotopic (exact) mass is 609 g/mol. The summed E-state index contributed by atoms with van der Waals surface area (Å²) in [6.07, 6.45) is 9.56. The van der Waals surface area contributed by atoms with Crippen LogP contribution in [0, 0.1) is 20.8 Å². The Labute approximate surface area is 262 Å². The fraction of sp³-hybridized carbons (Fsp3) is 0.455. The van der Waals surface area contributed by atoms with E-state index in [1.165, 1.54) is 23.2 Å². The fourth-order valence-corrected chi connectivity index (χ4v) is 7.42. The van der Waals surface area contributed by atoms with E-state index in [1.54, 1.807) is 11.3 Å². The number of thiazole rings is 1. The number of nitrogens with zero attached hydrogens (tertiary/aromatic N) is 9. The Kier molecular flexibility index (Phi) is 7.54. The first-order chi connectivity index (χ1) is 21.3. The number of pyridine rings is 1. The average Bonchev–Trinajstić information content (AvgIpc) is 3.78. The maximum Gasteiger partial charge on any atom is 0.131 e. The SMILES string of the molecule is CCn1cc(-c2cc(N3CC(C)(c4csc(-c5cnc(-c6cn(CC7CCCCO7)nn6)c(C)c5)n4)C3)c(C)cc2C)nn1. The van der Waals surface area contributed by atoms with Gasteiger partial charge in [-0.3, -0.25) is 9.67 Å². The molecular formula is C33H39N9OS. The number of hydrogen-bond acceptors (Lipinski definition) is 9. The third-order valence-corrected chi connectivity index (χ3v) is 9.89. The molecule has 0 N–H and O–H groups in total. The summed E-state index contributed by atoms with van der Waals surface area (Å²) in [6.45, 7) is 15.0. The number of benzene rings is 1. The van der Waals surface area contributed by atoms with Gasteiger partial charge in [-0.25, -0.2) is 9.67 Å². The lowest BCUT2D eigenvalue weighted by Crippen LogP contribution is -2.58. The van der Waals surface area contributed by atoms with Crippen molar-refractivity contribution in [3.63, 3.8) is 0 Å². The number of ether oxygens (including phenoxy) is 1. The summed E-state index contributed by atoms with van der Waals surface area (Å²) in [4.78, 5) is 12.4. The molecule has 228 valence electrons. The Morgan fingerprint density at radius 2 is 1.75 bits per heavy atom. The third-order valence-electron chi connectivity index (χ3n) is 9.00.